The lowest BCUT2D eigenvalue weighted by atomic mass is 9.85. The quantitative estimate of drug-likeness (QED) is 0.187. The van der Waals surface area contributed by atoms with Crippen molar-refractivity contribution in [2.75, 3.05) is 0 Å². The van der Waals surface area contributed by atoms with Gasteiger partial charge in [-0.3, -0.25) is 0 Å². The van der Waals surface area contributed by atoms with Crippen molar-refractivity contribution in [3.63, 3.8) is 0 Å². The van der Waals surface area contributed by atoms with Crippen LogP contribution in [0, 0.1) is 0 Å². The summed E-state index contributed by atoms with van der Waals surface area (Å²) in [6.45, 7) is 0. The van der Waals surface area contributed by atoms with Crippen LogP contribution in [0.5, 0.6) is 0 Å². The number of allylic oxidation sites excluding steroid dienone is 1. The molecule has 0 saturated carbocycles. The summed E-state index contributed by atoms with van der Waals surface area (Å²) >= 11 is 1.90. The van der Waals surface area contributed by atoms with Crippen LogP contribution in [-0.2, 0) is 6.42 Å². The van der Waals surface area contributed by atoms with Crippen LogP contribution in [0.3, 0.4) is 0 Å². The second-order valence-electron chi connectivity index (χ2n) is 11.6. The highest BCUT2D eigenvalue weighted by molar-refractivity contribution is 7.26. The van der Waals surface area contributed by atoms with Gasteiger partial charge in [0.25, 0.3) is 0 Å². The molecule has 1 aromatic heterocycles. The lowest BCUT2D eigenvalue weighted by molar-refractivity contribution is 0.986. The zero-order valence-electron chi connectivity index (χ0n) is 23.7. The molecule has 0 radical (unpaired) electrons. The number of hydrogen-bond acceptors (Lipinski definition) is 1. The molecule has 43 heavy (non-hydrogen) atoms. The van der Waals surface area contributed by atoms with E-state index in [0.717, 1.165) is 12.8 Å². The van der Waals surface area contributed by atoms with Crippen molar-refractivity contribution in [3.8, 4) is 33.4 Å². The fraction of sp³-hybridized carbons (Fsp3) is 0.0476. The van der Waals surface area contributed by atoms with Crippen LogP contribution in [0.15, 0.2) is 140 Å². The molecule has 0 saturated heterocycles. The second-order valence-corrected chi connectivity index (χ2v) is 12.6. The molecular weight excluding hydrogens is 537 g/mol. The average Bonchev–Trinajstić information content (AvgIpc) is 3.46. The SMILES string of the molecule is C1=Cc2cc(-c3ccc(-c4c5ccccc5c(-c5cccc6c5sc5ccccc56)c5ccccc45)cc3)ccc2CC1. The standard InChI is InChI=1S/C42H28S/c1-2-11-30-26-31(25-22-27(30)10-1)28-20-23-29(24-21-28)40-33-13-3-5-15-35(33)41(36-16-6-4-14-34(36)40)38-18-9-17-37-32-12-7-8-19-39(32)43-42(37)38/h2-9,11-26H,1,10H2. The van der Waals surface area contributed by atoms with Gasteiger partial charge in [0.1, 0.15) is 0 Å². The van der Waals surface area contributed by atoms with Crippen LogP contribution in [0.1, 0.15) is 17.5 Å². The monoisotopic (exact) mass is 564 g/mol. The second kappa shape index (κ2) is 9.80. The zero-order chi connectivity index (χ0) is 28.3. The molecular formula is C42H28S. The van der Waals surface area contributed by atoms with Crippen LogP contribution < -0.4 is 0 Å². The molecule has 0 N–H and O–H groups in total. The van der Waals surface area contributed by atoms with Gasteiger partial charge in [-0.1, -0.05) is 133 Å². The average molecular weight is 565 g/mol. The van der Waals surface area contributed by atoms with Gasteiger partial charge >= 0.3 is 0 Å². The highest BCUT2D eigenvalue weighted by Crippen LogP contribution is 2.47. The van der Waals surface area contributed by atoms with Gasteiger partial charge in [0.15, 0.2) is 0 Å². The number of fused-ring (bicyclic) bond motifs is 6. The van der Waals surface area contributed by atoms with Gasteiger partial charge in [-0.2, -0.15) is 0 Å². The third-order valence-electron chi connectivity index (χ3n) is 9.14. The highest BCUT2D eigenvalue weighted by Gasteiger charge is 2.19. The number of aryl methyl sites for hydroxylation is 1. The van der Waals surface area contributed by atoms with E-state index in [2.05, 4.69) is 146 Å². The van der Waals surface area contributed by atoms with Gasteiger partial charge < -0.3 is 0 Å². The van der Waals surface area contributed by atoms with Gasteiger partial charge in [0.2, 0.25) is 0 Å². The first-order valence-corrected chi connectivity index (χ1v) is 15.9. The predicted molar refractivity (Wildman–Crippen MR) is 188 cm³/mol. The molecule has 8 aromatic rings. The Morgan fingerprint density at radius 2 is 1.07 bits per heavy atom. The van der Waals surface area contributed by atoms with E-state index < -0.39 is 0 Å². The molecule has 1 aliphatic rings. The van der Waals surface area contributed by atoms with E-state index in [1.54, 1.807) is 0 Å². The summed E-state index contributed by atoms with van der Waals surface area (Å²) < 4.78 is 2.70. The zero-order valence-corrected chi connectivity index (χ0v) is 24.5. The minimum absolute atomic E-state index is 1.14. The molecule has 0 amide bonds. The first kappa shape index (κ1) is 24.6. The van der Waals surface area contributed by atoms with Gasteiger partial charge in [-0.25, -0.2) is 0 Å². The van der Waals surface area contributed by atoms with Crippen LogP contribution in [0.4, 0.5) is 0 Å². The summed E-state index contributed by atoms with van der Waals surface area (Å²) in [4.78, 5) is 0. The summed E-state index contributed by atoms with van der Waals surface area (Å²) in [6.07, 6.45) is 6.84. The van der Waals surface area contributed by atoms with E-state index in [1.807, 2.05) is 11.3 Å². The van der Waals surface area contributed by atoms with E-state index >= 15 is 0 Å². The Kier molecular flexibility index (Phi) is 5.61. The lowest BCUT2D eigenvalue weighted by Crippen LogP contribution is -1.94. The Bertz CT molecular complexity index is 2330. The van der Waals surface area contributed by atoms with Crippen LogP contribution >= 0.6 is 11.3 Å². The van der Waals surface area contributed by atoms with E-state index in [4.69, 9.17) is 0 Å². The molecule has 202 valence electrons. The summed E-state index contributed by atoms with van der Waals surface area (Å²) in [5.41, 5.74) is 10.5. The van der Waals surface area contributed by atoms with Crippen molar-refractivity contribution >= 4 is 59.1 Å². The smallest absolute Gasteiger partial charge is 0.0434 e. The first-order valence-electron chi connectivity index (χ1n) is 15.1. The maximum Gasteiger partial charge on any atom is 0.0434 e. The number of thiophene rings is 1. The predicted octanol–water partition coefficient (Wildman–Crippen LogP) is 12.3. The first-order chi connectivity index (χ1) is 21.3. The fourth-order valence-electron chi connectivity index (χ4n) is 7.11. The fourth-order valence-corrected chi connectivity index (χ4v) is 8.33. The molecule has 0 spiro atoms. The van der Waals surface area contributed by atoms with Crippen LogP contribution in [0.2, 0.25) is 0 Å². The molecule has 9 rings (SSSR count). The number of benzene rings is 7. The van der Waals surface area contributed by atoms with Crippen molar-refractivity contribution in [2.24, 2.45) is 0 Å². The van der Waals surface area contributed by atoms with E-state index in [0.29, 0.717) is 0 Å². The van der Waals surface area contributed by atoms with Crippen molar-refractivity contribution in [1.29, 1.82) is 0 Å². The Labute approximate surface area is 255 Å². The topological polar surface area (TPSA) is 0 Å². The Morgan fingerprint density at radius 3 is 1.81 bits per heavy atom. The van der Waals surface area contributed by atoms with Crippen molar-refractivity contribution in [3.05, 3.63) is 151 Å². The summed E-state index contributed by atoms with van der Waals surface area (Å²) in [6, 6.07) is 49.7. The van der Waals surface area contributed by atoms with Crippen molar-refractivity contribution in [1.82, 2.24) is 0 Å². The van der Waals surface area contributed by atoms with Gasteiger partial charge in [0, 0.05) is 25.7 Å². The molecule has 7 aromatic carbocycles. The highest BCUT2D eigenvalue weighted by atomic mass is 32.1. The molecule has 0 unspecified atom stereocenters. The molecule has 1 heteroatoms. The normalized spacial score (nSPS) is 12.8. The van der Waals surface area contributed by atoms with Crippen LogP contribution in [-0.4, -0.2) is 0 Å². The molecule has 0 fully saturated rings. The van der Waals surface area contributed by atoms with E-state index in [9.17, 15) is 0 Å². The minimum atomic E-state index is 1.14. The summed E-state index contributed by atoms with van der Waals surface area (Å²) in [5.74, 6) is 0. The Balaban J connectivity index is 1.27. The number of hydrogen-bond donors (Lipinski definition) is 0. The van der Waals surface area contributed by atoms with Crippen molar-refractivity contribution < 1.29 is 0 Å². The molecule has 1 heterocycles. The van der Waals surface area contributed by atoms with E-state index in [1.165, 1.54) is 86.2 Å². The Hall–Kier alpha value is -4.98. The molecule has 0 bridgehead atoms. The minimum Gasteiger partial charge on any atom is -0.135 e. The summed E-state index contributed by atoms with van der Waals surface area (Å²) in [5, 5.41) is 7.86. The van der Waals surface area contributed by atoms with Crippen LogP contribution in [0.25, 0.3) is 81.2 Å². The Morgan fingerprint density at radius 1 is 0.465 bits per heavy atom. The third kappa shape index (κ3) is 3.89. The largest absolute Gasteiger partial charge is 0.135 e. The van der Waals surface area contributed by atoms with Crippen molar-refractivity contribution in [2.45, 2.75) is 12.8 Å². The molecule has 0 nitrogen and oxygen atoms in total. The maximum absolute atomic E-state index is 2.34. The van der Waals surface area contributed by atoms with Gasteiger partial charge in [-0.15, -0.1) is 11.3 Å². The third-order valence-corrected chi connectivity index (χ3v) is 10.4. The molecule has 0 atom stereocenters. The molecule has 1 aliphatic carbocycles. The van der Waals surface area contributed by atoms with Gasteiger partial charge in [0.05, 0.1) is 0 Å². The maximum atomic E-state index is 2.34. The lowest BCUT2D eigenvalue weighted by Gasteiger charge is -2.18. The molecule has 0 aliphatic heterocycles. The van der Waals surface area contributed by atoms with Gasteiger partial charge in [-0.05, 0) is 85.5 Å². The van der Waals surface area contributed by atoms with E-state index in [-0.39, 0.29) is 0 Å². The summed E-state index contributed by atoms with van der Waals surface area (Å²) in [7, 11) is 0. The number of rotatable bonds is 3.